The molecule has 0 aliphatic carbocycles. The molecule has 1 N–H and O–H groups in total. The highest BCUT2D eigenvalue weighted by molar-refractivity contribution is 5.38. The summed E-state index contributed by atoms with van der Waals surface area (Å²) < 4.78 is 5.99. The largest absolute Gasteiger partial charge is 0.492 e. The van der Waals surface area contributed by atoms with Gasteiger partial charge in [-0.3, -0.25) is 4.90 Å². The maximum absolute atomic E-state index is 5.99. The summed E-state index contributed by atoms with van der Waals surface area (Å²) in [6.07, 6.45) is 1.24. The number of nitrogens with zero attached hydrogens (tertiary/aromatic N) is 2. The number of benzene rings is 1. The molecule has 4 heteroatoms. The van der Waals surface area contributed by atoms with E-state index in [1.807, 2.05) is 6.07 Å². The van der Waals surface area contributed by atoms with Crippen molar-refractivity contribution in [3.05, 3.63) is 29.8 Å². The molecule has 1 fully saturated rings. The standard InChI is InChI=1S/C16H25N3O/c1-17-16-13-6-3-4-7-15(13)20-12-14(16)19-9-5-8-18(2)10-11-19/h3-4,6-7,14,16-17H,5,8-12H2,1-2H3. The van der Waals surface area contributed by atoms with Crippen LogP contribution in [0.25, 0.3) is 0 Å². The van der Waals surface area contributed by atoms with Gasteiger partial charge < -0.3 is 15.0 Å². The van der Waals surface area contributed by atoms with Gasteiger partial charge in [-0.05, 0) is 39.7 Å². The van der Waals surface area contributed by atoms with E-state index < -0.39 is 0 Å². The molecule has 4 nitrogen and oxygen atoms in total. The molecule has 2 atom stereocenters. The molecule has 1 aromatic carbocycles. The van der Waals surface area contributed by atoms with Crippen LogP contribution in [0.5, 0.6) is 5.75 Å². The lowest BCUT2D eigenvalue weighted by Gasteiger charge is -2.40. The van der Waals surface area contributed by atoms with Crippen LogP contribution in [0, 0.1) is 0 Å². The lowest BCUT2D eigenvalue weighted by molar-refractivity contribution is 0.0913. The normalized spacial score (nSPS) is 28.5. The van der Waals surface area contributed by atoms with Crippen LogP contribution in [0.4, 0.5) is 0 Å². The molecule has 0 saturated carbocycles. The molecule has 2 unspecified atom stereocenters. The molecule has 2 heterocycles. The first-order chi connectivity index (χ1) is 9.79. The Kier molecular flexibility index (Phi) is 4.24. The second kappa shape index (κ2) is 6.12. The zero-order chi connectivity index (χ0) is 13.9. The molecule has 1 aromatic rings. The Bertz CT molecular complexity index is 451. The minimum atomic E-state index is 0.364. The minimum absolute atomic E-state index is 0.364. The second-order valence-corrected chi connectivity index (χ2v) is 5.88. The fourth-order valence-corrected chi connectivity index (χ4v) is 3.41. The summed E-state index contributed by atoms with van der Waals surface area (Å²) in [7, 11) is 4.27. The van der Waals surface area contributed by atoms with Crippen LogP contribution in [0.15, 0.2) is 24.3 Å². The molecule has 1 saturated heterocycles. The third-order valence-corrected chi connectivity index (χ3v) is 4.58. The van der Waals surface area contributed by atoms with E-state index in [-0.39, 0.29) is 0 Å². The second-order valence-electron chi connectivity index (χ2n) is 5.88. The van der Waals surface area contributed by atoms with Crippen molar-refractivity contribution in [3.8, 4) is 5.75 Å². The molecule has 0 spiro atoms. The summed E-state index contributed by atoms with van der Waals surface area (Å²) >= 11 is 0. The minimum Gasteiger partial charge on any atom is -0.492 e. The Morgan fingerprint density at radius 3 is 2.85 bits per heavy atom. The van der Waals surface area contributed by atoms with Crippen molar-refractivity contribution in [1.29, 1.82) is 0 Å². The zero-order valence-corrected chi connectivity index (χ0v) is 12.5. The summed E-state index contributed by atoms with van der Waals surface area (Å²) in [6, 6.07) is 9.21. The number of hydrogen-bond acceptors (Lipinski definition) is 4. The summed E-state index contributed by atoms with van der Waals surface area (Å²) in [6.45, 7) is 5.43. The lowest BCUT2D eigenvalue weighted by atomic mass is 9.95. The summed E-state index contributed by atoms with van der Waals surface area (Å²) in [5, 5.41) is 3.50. The number of ether oxygens (including phenoxy) is 1. The monoisotopic (exact) mass is 275 g/mol. The fourth-order valence-electron chi connectivity index (χ4n) is 3.41. The van der Waals surface area contributed by atoms with Crippen LogP contribution >= 0.6 is 0 Å². The van der Waals surface area contributed by atoms with Gasteiger partial charge in [0, 0.05) is 18.7 Å². The first kappa shape index (κ1) is 13.9. The molecular formula is C16H25N3O. The average molecular weight is 275 g/mol. The molecule has 0 bridgehead atoms. The van der Waals surface area contributed by atoms with Gasteiger partial charge >= 0.3 is 0 Å². The average Bonchev–Trinajstić information content (AvgIpc) is 2.70. The van der Waals surface area contributed by atoms with Crippen molar-refractivity contribution >= 4 is 0 Å². The Labute approximate surface area is 121 Å². The van der Waals surface area contributed by atoms with Gasteiger partial charge in [0.2, 0.25) is 0 Å². The van der Waals surface area contributed by atoms with Crippen LogP contribution in [-0.4, -0.2) is 62.7 Å². The van der Waals surface area contributed by atoms with Gasteiger partial charge in [0.25, 0.3) is 0 Å². The van der Waals surface area contributed by atoms with Crippen molar-refractivity contribution in [1.82, 2.24) is 15.1 Å². The maximum Gasteiger partial charge on any atom is 0.124 e. The van der Waals surface area contributed by atoms with Gasteiger partial charge in [-0.25, -0.2) is 0 Å². The molecule has 0 radical (unpaired) electrons. The van der Waals surface area contributed by atoms with E-state index in [0.717, 1.165) is 25.4 Å². The number of fused-ring (bicyclic) bond motifs is 1. The molecule has 20 heavy (non-hydrogen) atoms. The quantitative estimate of drug-likeness (QED) is 0.882. The highest BCUT2D eigenvalue weighted by atomic mass is 16.5. The first-order valence-corrected chi connectivity index (χ1v) is 7.61. The number of para-hydroxylation sites is 1. The van der Waals surface area contributed by atoms with E-state index >= 15 is 0 Å². The van der Waals surface area contributed by atoms with Gasteiger partial charge in [-0.2, -0.15) is 0 Å². The van der Waals surface area contributed by atoms with Gasteiger partial charge in [0.1, 0.15) is 12.4 Å². The lowest BCUT2D eigenvalue weighted by Crippen LogP contribution is -2.50. The zero-order valence-electron chi connectivity index (χ0n) is 12.5. The molecule has 3 rings (SSSR count). The van der Waals surface area contributed by atoms with E-state index in [4.69, 9.17) is 4.74 Å². The highest BCUT2D eigenvalue weighted by Crippen LogP contribution is 2.34. The number of rotatable bonds is 2. The molecule has 0 amide bonds. The number of likely N-dealkylation sites (N-methyl/N-ethyl adjacent to an activating group) is 2. The van der Waals surface area contributed by atoms with Gasteiger partial charge in [-0.1, -0.05) is 18.2 Å². The summed E-state index contributed by atoms with van der Waals surface area (Å²) in [5.41, 5.74) is 1.30. The Balaban J connectivity index is 1.80. The SMILES string of the molecule is CNC1c2ccccc2OCC1N1CCCN(C)CC1. The van der Waals surface area contributed by atoms with Crippen LogP contribution < -0.4 is 10.1 Å². The summed E-state index contributed by atoms with van der Waals surface area (Å²) in [4.78, 5) is 5.02. The van der Waals surface area contributed by atoms with Gasteiger partial charge in [-0.15, -0.1) is 0 Å². The third kappa shape index (κ3) is 2.68. The van der Waals surface area contributed by atoms with Crippen molar-refractivity contribution in [3.63, 3.8) is 0 Å². The summed E-state index contributed by atoms with van der Waals surface area (Å²) in [5.74, 6) is 1.04. The van der Waals surface area contributed by atoms with Crippen molar-refractivity contribution in [2.24, 2.45) is 0 Å². The van der Waals surface area contributed by atoms with E-state index in [1.54, 1.807) is 0 Å². The van der Waals surface area contributed by atoms with Crippen LogP contribution in [0.3, 0.4) is 0 Å². The topological polar surface area (TPSA) is 27.7 Å². The predicted octanol–water partition coefficient (Wildman–Crippen LogP) is 1.35. The van der Waals surface area contributed by atoms with Gasteiger partial charge in [0.15, 0.2) is 0 Å². The molecule has 0 aromatic heterocycles. The van der Waals surface area contributed by atoms with E-state index in [0.29, 0.717) is 12.1 Å². The van der Waals surface area contributed by atoms with E-state index in [1.165, 1.54) is 25.1 Å². The van der Waals surface area contributed by atoms with Gasteiger partial charge in [0.05, 0.1) is 12.1 Å². The van der Waals surface area contributed by atoms with Crippen molar-refractivity contribution in [2.75, 3.05) is 46.9 Å². The van der Waals surface area contributed by atoms with Crippen molar-refractivity contribution < 1.29 is 4.74 Å². The first-order valence-electron chi connectivity index (χ1n) is 7.61. The molecule has 2 aliphatic heterocycles. The smallest absolute Gasteiger partial charge is 0.124 e. The van der Waals surface area contributed by atoms with Crippen LogP contribution in [0.1, 0.15) is 18.0 Å². The van der Waals surface area contributed by atoms with E-state index in [9.17, 15) is 0 Å². The van der Waals surface area contributed by atoms with Crippen LogP contribution in [-0.2, 0) is 0 Å². The fraction of sp³-hybridized carbons (Fsp3) is 0.625. The highest BCUT2D eigenvalue weighted by Gasteiger charge is 2.34. The molecule has 2 aliphatic rings. The number of hydrogen-bond donors (Lipinski definition) is 1. The Hall–Kier alpha value is -1.10. The third-order valence-electron chi connectivity index (χ3n) is 4.58. The Morgan fingerprint density at radius 1 is 1.15 bits per heavy atom. The maximum atomic E-state index is 5.99. The Morgan fingerprint density at radius 2 is 2.00 bits per heavy atom. The van der Waals surface area contributed by atoms with Crippen molar-refractivity contribution in [2.45, 2.75) is 18.5 Å². The van der Waals surface area contributed by atoms with Crippen LogP contribution in [0.2, 0.25) is 0 Å². The van der Waals surface area contributed by atoms with E-state index in [2.05, 4.69) is 47.4 Å². The molecular weight excluding hydrogens is 250 g/mol. The molecule has 110 valence electrons. The number of nitrogens with one attached hydrogen (secondary N) is 1. The predicted molar refractivity (Wildman–Crippen MR) is 81.2 cm³/mol.